The van der Waals surface area contributed by atoms with E-state index in [9.17, 15) is 0 Å². The second kappa shape index (κ2) is 10.6. The predicted molar refractivity (Wildman–Crippen MR) is 111 cm³/mol. The maximum absolute atomic E-state index is 5.38. The zero-order chi connectivity index (χ0) is 18.7. The highest BCUT2D eigenvalue weighted by Crippen LogP contribution is 2.13. The number of aliphatic imine (C=N–C) groups is 1. The summed E-state index contributed by atoms with van der Waals surface area (Å²) >= 11 is 0. The van der Waals surface area contributed by atoms with E-state index in [2.05, 4.69) is 52.4 Å². The monoisotopic (exact) mass is 366 g/mol. The second-order valence-electron chi connectivity index (χ2n) is 6.91. The molecule has 1 fully saturated rings. The van der Waals surface area contributed by atoms with Gasteiger partial charge >= 0.3 is 0 Å². The van der Waals surface area contributed by atoms with Gasteiger partial charge in [0, 0.05) is 45.2 Å². The first kappa shape index (κ1) is 19.2. The maximum Gasteiger partial charge on any atom is 0.191 e. The van der Waals surface area contributed by atoms with Crippen LogP contribution in [0.3, 0.4) is 0 Å². The van der Waals surface area contributed by atoms with E-state index in [0.29, 0.717) is 19.1 Å². The molecular weight excluding hydrogens is 336 g/mol. The first-order valence-corrected chi connectivity index (χ1v) is 9.78. The van der Waals surface area contributed by atoms with Crippen molar-refractivity contribution in [2.75, 3.05) is 26.2 Å². The predicted octanol–water partition coefficient (Wildman–Crippen LogP) is 3.21. The summed E-state index contributed by atoms with van der Waals surface area (Å²) in [5.74, 6) is 1.83. The highest BCUT2D eigenvalue weighted by molar-refractivity contribution is 5.80. The van der Waals surface area contributed by atoms with Crippen molar-refractivity contribution in [2.24, 2.45) is 4.99 Å². The van der Waals surface area contributed by atoms with Crippen molar-refractivity contribution in [3.8, 4) is 0 Å². The minimum absolute atomic E-state index is 0.455. The molecule has 2 heterocycles. The number of guanidine groups is 1. The summed E-state index contributed by atoms with van der Waals surface area (Å²) < 4.78 is 5.38. The van der Waals surface area contributed by atoms with E-state index < -0.39 is 0 Å². The van der Waals surface area contributed by atoms with Gasteiger partial charge in [-0.05, 0) is 30.5 Å². The Labute approximate surface area is 162 Å². The maximum atomic E-state index is 5.38. The summed E-state index contributed by atoms with van der Waals surface area (Å²) in [5, 5.41) is 6.91. The molecule has 144 valence electrons. The molecular formula is C22H30N4O. The zero-order valence-electron chi connectivity index (χ0n) is 15.9. The van der Waals surface area contributed by atoms with Gasteiger partial charge < -0.3 is 15.1 Å². The standard InChI is InChI=1S/C22H30N4O/c1-2-13-23-22(24-14-10-21-9-6-17-27-21)25-20-11-15-26(16-12-20)18-19-7-4-3-5-8-19/h2-9,17,20H,1,10-16,18H2,(H2,23,24,25). The SMILES string of the molecule is C=CCNC(=NCCc1ccco1)NC1CCN(Cc2ccccc2)CC1. The van der Waals surface area contributed by atoms with Crippen LogP contribution in [0.1, 0.15) is 24.2 Å². The molecule has 0 unspecified atom stereocenters. The highest BCUT2D eigenvalue weighted by Gasteiger charge is 2.20. The molecule has 1 aromatic heterocycles. The van der Waals surface area contributed by atoms with Gasteiger partial charge in [-0.15, -0.1) is 6.58 Å². The van der Waals surface area contributed by atoms with Gasteiger partial charge in [-0.1, -0.05) is 36.4 Å². The molecule has 1 saturated heterocycles. The topological polar surface area (TPSA) is 52.8 Å². The van der Waals surface area contributed by atoms with E-state index in [1.54, 1.807) is 6.26 Å². The minimum Gasteiger partial charge on any atom is -0.469 e. The molecule has 0 saturated carbocycles. The van der Waals surface area contributed by atoms with Crippen LogP contribution in [0.4, 0.5) is 0 Å². The molecule has 2 aromatic rings. The third-order valence-corrected chi connectivity index (χ3v) is 4.80. The van der Waals surface area contributed by atoms with Crippen molar-refractivity contribution in [2.45, 2.75) is 31.8 Å². The highest BCUT2D eigenvalue weighted by atomic mass is 16.3. The van der Waals surface area contributed by atoms with Gasteiger partial charge in [0.15, 0.2) is 5.96 Å². The van der Waals surface area contributed by atoms with E-state index in [4.69, 9.17) is 9.41 Å². The van der Waals surface area contributed by atoms with Crippen LogP contribution in [0, 0.1) is 0 Å². The molecule has 0 spiro atoms. The van der Waals surface area contributed by atoms with Crippen molar-refractivity contribution in [1.82, 2.24) is 15.5 Å². The molecule has 27 heavy (non-hydrogen) atoms. The van der Waals surface area contributed by atoms with Crippen LogP contribution in [0.5, 0.6) is 0 Å². The van der Waals surface area contributed by atoms with Crippen molar-refractivity contribution < 1.29 is 4.42 Å². The van der Waals surface area contributed by atoms with Gasteiger partial charge in [0.2, 0.25) is 0 Å². The van der Waals surface area contributed by atoms with E-state index in [0.717, 1.165) is 50.6 Å². The Morgan fingerprint density at radius 1 is 1.19 bits per heavy atom. The lowest BCUT2D eigenvalue weighted by molar-refractivity contribution is 0.198. The molecule has 3 rings (SSSR count). The van der Waals surface area contributed by atoms with E-state index >= 15 is 0 Å². The van der Waals surface area contributed by atoms with Gasteiger partial charge in [-0.25, -0.2) is 0 Å². The summed E-state index contributed by atoms with van der Waals surface area (Å²) in [4.78, 5) is 7.22. The fourth-order valence-electron chi connectivity index (χ4n) is 3.32. The Kier molecular flexibility index (Phi) is 7.54. The van der Waals surface area contributed by atoms with Crippen molar-refractivity contribution in [3.05, 3.63) is 72.7 Å². The van der Waals surface area contributed by atoms with Gasteiger partial charge in [-0.2, -0.15) is 0 Å². The van der Waals surface area contributed by atoms with Gasteiger partial charge in [0.05, 0.1) is 6.26 Å². The molecule has 1 aromatic carbocycles. The summed E-state index contributed by atoms with van der Waals surface area (Å²) in [6, 6.07) is 15.1. The van der Waals surface area contributed by atoms with Crippen molar-refractivity contribution in [1.29, 1.82) is 0 Å². The van der Waals surface area contributed by atoms with Crippen LogP contribution in [-0.2, 0) is 13.0 Å². The third-order valence-electron chi connectivity index (χ3n) is 4.80. The van der Waals surface area contributed by atoms with Gasteiger partial charge in [0.1, 0.15) is 5.76 Å². The molecule has 1 aliphatic heterocycles. The molecule has 0 atom stereocenters. The number of furan rings is 1. The average molecular weight is 367 g/mol. The van der Waals surface area contributed by atoms with Crippen LogP contribution in [0.25, 0.3) is 0 Å². The lowest BCUT2D eigenvalue weighted by Crippen LogP contribution is -2.48. The Morgan fingerprint density at radius 3 is 2.70 bits per heavy atom. The first-order valence-electron chi connectivity index (χ1n) is 9.78. The lowest BCUT2D eigenvalue weighted by atomic mass is 10.0. The van der Waals surface area contributed by atoms with E-state index in [1.807, 2.05) is 18.2 Å². The number of benzene rings is 1. The van der Waals surface area contributed by atoms with E-state index in [-0.39, 0.29) is 0 Å². The Morgan fingerprint density at radius 2 is 2.00 bits per heavy atom. The largest absolute Gasteiger partial charge is 0.469 e. The molecule has 1 aliphatic rings. The number of piperidine rings is 1. The van der Waals surface area contributed by atoms with E-state index in [1.165, 1.54) is 5.56 Å². The Hall–Kier alpha value is -2.53. The number of nitrogens with zero attached hydrogens (tertiary/aromatic N) is 2. The van der Waals surface area contributed by atoms with Gasteiger partial charge in [0.25, 0.3) is 0 Å². The van der Waals surface area contributed by atoms with Crippen LogP contribution >= 0.6 is 0 Å². The molecule has 5 heteroatoms. The van der Waals surface area contributed by atoms with Crippen molar-refractivity contribution >= 4 is 5.96 Å². The van der Waals surface area contributed by atoms with Crippen LogP contribution < -0.4 is 10.6 Å². The molecule has 0 aliphatic carbocycles. The third kappa shape index (κ3) is 6.61. The van der Waals surface area contributed by atoms with Crippen LogP contribution in [0.2, 0.25) is 0 Å². The summed E-state index contributed by atoms with van der Waals surface area (Å²) in [6.45, 7) is 8.44. The van der Waals surface area contributed by atoms with Crippen LogP contribution in [-0.4, -0.2) is 43.1 Å². The second-order valence-corrected chi connectivity index (χ2v) is 6.91. The van der Waals surface area contributed by atoms with Gasteiger partial charge in [-0.3, -0.25) is 9.89 Å². The van der Waals surface area contributed by atoms with Crippen molar-refractivity contribution in [3.63, 3.8) is 0 Å². The van der Waals surface area contributed by atoms with Crippen LogP contribution in [0.15, 0.2) is 70.8 Å². The number of likely N-dealkylation sites (tertiary alicyclic amines) is 1. The summed E-state index contributed by atoms with van der Waals surface area (Å²) in [5.41, 5.74) is 1.39. The zero-order valence-corrected chi connectivity index (χ0v) is 15.9. The fraction of sp³-hybridized carbons (Fsp3) is 0.409. The number of hydrogen-bond donors (Lipinski definition) is 2. The Bertz CT molecular complexity index is 688. The quantitative estimate of drug-likeness (QED) is 0.428. The molecule has 5 nitrogen and oxygen atoms in total. The Balaban J connectivity index is 1.45. The minimum atomic E-state index is 0.455. The lowest BCUT2D eigenvalue weighted by Gasteiger charge is -2.33. The normalized spacial score (nSPS) is 16.2. The molecule has 0 radical (unpaired) electrons. The first-order chi connectivity index (χ1) is 13.3. The number of nitrogens with one attached hydrogen (secondary N) is 2. The fourth-order valence-corrected chi connectivity index (χ4v) is 3.32. The molecule has 0 bridgehead atoms. The smallest absolute Gasteiger partial charge is 0.191 e. The molecule has 2 N–H and O–H groups in total. The molecule has 0 amide bonds. The number of hydrogen-bond acceptors (Lipinski definition) is 3. The summed E-state index contributed by atoms with van der Waals surface area (Å²) in [7, 11) is 0. The average Bonchev–Trinajstić information content (AvgIpc) is 3.22. The summed E-state index contributed by atoms with van der Waals surface area (Å²) in [6.07, 6.45) is 6.62. The number of rotatable bonds is 8.